The fourth-order valence-corrected chi connectivity index (χ4v) is 4.07. The third-order valence-corrected chi connectivity index (χ3v) is 5.44. The van der Waals surface area contributed by atoms with Crippen molar-refractivity contribution in [3.8, 4) is 0 Å². The van der Waals surface area contributed by atoms with Crippen LogP contribution in [0.4, 0.5) is 0 Å². The highest BCUT2D eigenvalue weighted by Crippen LogP contribution is 2.28. The van der Waals surface area contributed by atoms with E-state index < -0.39 is 0 Å². The molecular weight excluding hydrogens is 222 g/mol. The molecule has 1 fully saturated rings. The number of thiophene rings is 1. The minimum Gasteiger partial charge on any atom is -0.308 e. The molecule has 2 unspecified atom stereocenters. The average Bonchev–Trinajstić information content (AvgIpc) is 2.83. The summed E-state index contributed by atoms with van der Waals surface area (Å²) in [6.07, 6.45) is 6.38. The minimum atomic E-state index is 0.737. The van der Waals surface area contributed by atoms with Crippen LogP contribution in [0.5, 0.6) is 0 Å². The molecule has 2 atom stereocenters. The van der Waals surface area contributed by atoms with E-state index in [1.54, 1.807) is 0 Å². The van der Waals surface area contributed by atoms with Gasteiger partial charge in [-0.3, -0.25) is 0 Å². The second-order valence-corrected chi connectivity index (χ2v) is 6.30. The summed E-state index contributed by atoms with van der Waals surface area (Å²) in [6.45, 7) is 3.26. The molecule has 0 aromatic carbocycles. The first-order valence-electron chi connectivity index (χ1n) is 5.60. The molecule has 0 aliphatic heterocycles. The van der Waals surface area contributed by atoms with Gasteiger partial charge in [0.05, 0.1) is 0 Å². The Kier molecular flexibility index (Phi) is 4.12. The molecule has 0 spiro atoms. The molecule has 0 amide bonds. The first-order valence-corrected chi connectivity index (χ1v) is 7.77. The predicted octanol–water partition coefficient (Wildman–Crippen LogP) is 3.43. The lowest BCUT2D eigenvalue weighted by molar-refractivity contribution is 0.535. The van der Waals surface area contributed by atoms with Crippen molar-refractivity contribution in [1.82, 2.24) is 5.32 Å². The van der Waals surface area contributed by atoms with Crippen LogP contribution in [0, 0.1) is 6.92 Å². The molecule has 1 aliphatic carbocycles. The molecule has 1 heterocycles. The summed E-state index contributed by atoms with van der Waals surface area (Å²) in [5.41, 5.74) is 1.44. The molecular formula is C12H19NS2. The molecule has 84 valence electrons. The Bertz CT molecular complexity index is 308. The average molecular weight is 241 g/mol. The maximum absolute atomic E-state index is 3.72. The van der Waals surface area contributed by atoms with Gasteiger partial charge in [-0.1, -0.05) is 6.42 Å². The molecule has 15 heavy (non-hydrogen) atoms. The molecule has 1 N–H and O–H groups in total. The van der Waals surface area contributed by atoms with E-state index in [0.717, 1.165) is 17.8 Å². The molecule has 1 aromatic heterocycles. The van der Waals surface area contributed by atoms with Crippen LogP contribution >= 0.6 is 23.1 Å². The molecule has 0 bridgehead atoms. The van der Waals surface area contributed by atoms with Gasteiger partial charge in [-0.05, 0) is 43.0 Å². The fourth-order valence-electron chi connectivity index (χ4n) is 2.25. The Balaban J connectivity index is 1.85. The first-order chi connectivity index (χ1) is 7.31. The van der Waals surface area contributed by atoms with Gasteiger partial charge in [-0.2, -0.15) is 11.8 Å². The van der Waals surface area contributed by atoms with Crippen LogP contribution < -0.4 is 5.32 Å². The van der Waals surface area contributed by atoms with Crippen molar-refractivity contribution in [2.75, 3.05) is 6.26 Å². The second kappa shape index (κ2) is 5.37. The van der Waals surface area contributed by atoms with Gasteiger partial charge < -0.3 is 5.32 Å². The Morgan fingerprint density at radius 3 is 3.07 bits per heavy atom. The van der Waals surface area contributed by atoms with Gasteiger partial charge in [0, 0.05) is 22.7 Å². The molecule has 1 nitrogen and oxygen atoms in total. The topological polar surface area (TPSA) is 12.0 Å². The summed E-state index contributed by atoms with van der Waals surface area (Å²) in [5.74, 6) is 0. The molecule has 2 rings (SSSR count). The van der Waals surface area contributed by atoms with Crippen molar-refractivity contribution in [3.63, 3.8) is 0 Å². The molecule has 0 saturated heterocycles. The van der Waals surface area contributed by atoms with Gasteiger partial charge >= 0.3 is 0 Å². The van der Waals surface area contributed by atoms with Crippen LogP contribution in [0.15, 0.2) is 11.4 Å². The SMILES string of the molecule is CSC1CCCC1NCc1sccc1C. The van der Waals surface area contributed by atoms with E-state index in [-0.39, 0.29) is 0 Å². The van der Waals surface area contributed by atoms with Crippen LogP contribution in [0.25, 0.3) is 0 Å². The van der Waals surface area contributed by atoms with E-state index in [1.807, 2.05) is 23.1 Å². The number of thioether (sulfide) groups is 1. The highest BCUT2D eigenvalue weighted by molar-refractivity contribution is 7.99. The van der Waals surface area contributed by atoms with E-state index in [0.29, 0.717) is 0 Å². The van der Waals surface area contributed by atoms with E-state index >= 15 is 0 Å². The predicted molar refractivity (Wildman–Crippen MR) is 70.8 cm³/mol. The zero-order valence-electron chi connectivity index (χ0n) is 9.45. The third-order valence-electron chi connectivity index (χ3n) is 3.25. The summed E-state index contributed by atoms with van der Waals surface area (Å²) in [4.78, 5) is 1.50. The zero-order valence-corrected chi connectivity index (χ0v) is 11.1. The Morgan fingerprint density at radius 1 is 1.53 bits per heavy atom. The van der Waals surface area contributed by atoms with Crippen molar-refractivity contribution in [1.29, 1.82) is 0 Å². The lowest BCUT2D eigenvalue weighted by atomic mass is 10.2. The summed E-state index contributed by atoms with van der Waals surface area (Å²) >= 11 is 3.90. The molecule has 3 heteroatoms. The highest BCUT2D eigenvalue weighted by Gasteiger charge is 2.25. The number of rotatable bonds is 4. The van der Waals surface area contributed by atoms with Crippen LogP contribution in [-0.2, 0) is 6.54 Å². The highest BCUT2D eigenvalue weighted by atomic mass is 32.2. The van der Waals surface area contributed by atoms with Crippen LogP contribution in [0.1, 0.15) is 29.7 Å². The molecule has 1 aromatic rings. The monoisotopic (exact) mass is 241 g/mol. The molecule has 1 aliphatic rings. The van der Waals surface area contributed by atoms with Gasteiger partial charge in [0.25, 0.3) is 0 Å². The van der Waals surface area contributed by atoms with Crippen molar-refractivity contribution in [2.24, 2.45) is 0 Å². The summed E-state index contributed by atoms with van der Waals surface area (Å²) in [5, 5.41) is 6.74. The van der Waals surface area contributed by atoms with Crippen molar-refractivity contribution >= 4 is 23.1 Å². The van der Waals surface area contributed by atoms with Crippen LogP contribution in [0.2, 0.25) is 0 Å². The Hall–Kier alpha value is 0.0100. The maximum atomic E-state index is 3.72. The minimum absolute atomic E-state index is 0.737. The van der Waals surface area contributed by atoms with Crippen molar-refractivity contribution < 1.29 is 0 Å². The van der Waals surface area contributed by atoms with E-state index in [2.05, 4.69) is 29.9 Å². The third kappa shape index (κ3) is 2.77. The zero-order chi connectivity index (χ0) is 10.7. The summed E-state index contributed by atoms with van der Waals surface area (Å²) in [6, 6.07) is 2.95. The van der Waals surface area contributed by atoms with E-state index in [1.165, 1.54) is 29.7 Å². The van der Waals surface area contributed by atoms with Gasteiger partial charge in [0.2, 0.25) is 0 Å². The number of hydrogen-bond donors (Lipinski definition) is 1. The number of nitrogens with one attached hydrogen (secondary N) is 1. The quantitative estimate of drug-likeness (QED) is 0.867. The van der Waals surface area contributed by atoms with Crippen molar-refractivity contribution in [2.45, 2.75) is 44.0 Å². The van der Waals surface area contributed by atoms with Gasteiger partial charge in [-0.15, -0.1) is 11.3 Å². The Morgan fingerprint density at radius 2 is 2.40 bits per heavy atom. The standard InChI is InChI=1S/C12H19NS2/c1-9-6-7-15-12(9)8-13-10-4-3-5-11(10)14-2/h6-7,10-11,13H,3-5,8H2,1-2H3. The normalized spacial score (nSPS) is 26.0. The summed E-state index contributed by atoms with van der Waals surface area (Å²) < 4.78 is 0. The van der Waals surface area contributed by atoms with E-state index in [9.17, 15) is 0 Å². The lowest BCUT2D eigenvalue weighted by Gasteiger charge is -2.18. The first kappa shape index (κ1) is 11.5. The van der Waals surface area contributed by atoms with E-state index in [4.69, 9.17) is 0 Å². The summed E-state index contributed by atoms with van der Waals surface area (Å²) in [7, 11) is 0. The smallest absolute Gasteiger partial charge is 0.0305 e. The molecule has 1 saturated carbocycles. The number of hydrogen-bond acceptors (Lipinski definition) is 3. The van der Waals surface area contributed by atoms with Crippen molar-refractivity contribution in [3.05, 3.63) is 21.9 Å². The van der Waals surface area contributed by atoms with Gasteiger partial charge in [0.1, 0.15) is 0 Å². The van der Waals surface area contributed by atoms with Gasteiger partial charge in [0.15, 0.2) is 0 Å². The second-order valence-electron chi connectivity index (χ2n) is 4.22. The van der Waals surface area contributed by atoms with Crippen LogP contribution in [-0.4, -0.2) is 17.5 Å². The maximum Gasteiger partial charge on any atom is 0.0305 e. The van der Waals surface area contributed by atoms with Gasteiger partial charge in [-0.25, -0.2) is 0 Å². The lowest BCUT2D eigenvalue weighted by Crippen LogP contribution is -2.33. The Labute approximate surface area is 101 Å². The van der Waals surface area contributed by atoms with Crippen LogP contribution in [0.3, 0.4) is 0 Å². The fraction of sp³-hybridized carbons (Fsp3) is 0.667. The largest absolute Gasteiger partial charge is 0.308 e. The number of aryl methyl sites for hydroxylation is 1. The molecule has 0 radical (unpaired) electrons.